The van der Waals surface area contributed by atoms with Gasteiger partial charge in [0.05, 0.1) is 0 Å². The first kappa shape index (κ1) is 35.4. The van der Waals surface area contributed by atoms with Crippen LogP contribution in [0.3, 0.4) is 0 Å². The standard InChI is InChI=1S/C2H4.2H3N.Sr.2H/c1-2;;;;;/h1-2H2;2*1H3;;;. The third-order valence-electron chi connectivity index (χ3n) is 0. The maximum absolute atomic E-state index is 3.00. The van der Waals surface area contributed by atoms with E-state index < -0.39 is 0 Å². The normalized spacial score (nSPS) is 0.800. The van der Waals surface area contributed by atoms with Gasteiger partial charge in [0.2, 0.25) is 0 Å². The SMILES string of the molecule is C=C.N.N.[SrH2]. The van der Waals surface area contributed by atoms with Gasteiger partial charge in [0, 0.05) is 0 Å². The van der Waals surface area contributed by atoms with Crippen molar-refractivity contribution >= 4 is 45.5 Å². The van der Waals surface area contributed by atoms with Crippen LogP contribution < -0.4 is 12.3 Å². The summed E-state index contributed by atoms with van der Waals surface area (Å²) in [5, 5.41) is 0. The molecule has 0 unspecified atom stereocenters. The third kappa shape index (κ3) is 39.0. The van der Waals surface area contributed by atoms with Crippen LogP contribution in [-0.2, 0) is 0 Å². The molecule has 0 bridgehead atoms. The minimum atomic E-state index is 0. The summed E-state index contributed by atoms with van der Waals surface area (Å²) >= 11 is 0. The zero-order valence-corrected chi connectivity index (χ0v) is 2.83. The summed E-state index contributed by atoms with van der Waals surface area (Å²) in [5.41, 5.74) is 0. The van der Waals surface area contributed by atoms with Crippen molar-refractivity contribution in [1.82, 2.24) is 12.3 Å². The van der Waals surface area contributed by atoms with Crippen LogP contribution in [0.2, 0.25) is 0 Å². The average molecular weight is 152 g/mol. The van der Waals surface area contributed by atoms with E-state index >= 15 is 0 Å². The van der Waals surface area contributed by atoms with Crippen molar-refractivity contribution in [3.05, 3.63) is 13.2 Å². The van der Waals surface area contributed by atoms with E-state index in [-0.39, 0.29) is 57.8 Å². The van der Waals surface area contributed by atoms with Crippen LogP contribution in [-0.4, -0.2) is 45.5 Å². The fourth-order valence-corrected chi connectivity index (χ4v) is 0. The van der Waals surface area contributed by atoms with Crippen molar-refractivity contribution in [2.24, 2.45) is 0 Å². The predicted octanol–water partition coefficient (Wildman–Crippen LogP) is 0.210. The Balaban J connectivity index is -0.00000000167. The van der Waals surface area contributed by atoms with E-state index in [1.54, 1.807) is 0 Å². The van der Waals surface area contributed by atoms with Gasteiger partial charge in [-0.25, -0.2) is 0 Å². The molecule has 0 aromatic rings. The molecule has 0 saturated carbocycles. The molecule has 0 atom stereocenters. The Hall–Kier alpha value is 1.14. The van der Waals surface area contributed by atoms with Crippen LogP contribution in [0.4, 0.5) is 0 Å². The van der Waals surface area contributed by atoms with Gasteiger partial charge >= 0.3 is 45.5 Å². The number of hydrogen-bond acceptors (Lipinski definition) is 2. The van der Waals surface area contributed by atoms with Gasteiger partial charge in [-0.3, -0.25) is 0 Å². The Bertz CT molecular complexity index is 7.61. The number of hydrogen-bond donors (Lipinski definition) is 2. The van der Waals surface area contributed by atoms with Crippen LogP contribution >= 0.6 is 0 Å². The zero-order chi connectivity index (χ0) is 2.00. The van der Waals surface area contributed by atoms with Gasteiger partial charge in [0.15, 0.2) is 0 Å². The second-order valence-corrected chi connectivity index (χ2v) is 0. The molecule has 2 nitrogen and oxygen atoms in total. The predicted molar refractivity (Wildman–Crippen MR) is 29.8 cm³/mol. The topological polar surface area (TPSA) is 70.0 Å². The second-order valence-electron chi connectivity index (χ2n) is 0. The molecule has 32 valence electrons. The second kappa shape index (κ2) is 67.8. The molecule has 0 saturated heterocycles. The molecule has 0 rings (SSSR count). The molecular weight excluding hydrogens is 140 g/mol. The van der Waals surface area contributed by atoms with Crippen molar-refractivity contribution < 1.29 is 0 Å². The molecule has 0 heterocycles. The fraction of sp³-hybridized carbons (Fsp3) is 0. The van der Waals surface area contributed by atoms with E-state index in [0.717, 1.165) is 0 Å². The van der Waals surface area contributed by atoms with Gasteiger partial charge in [0.25, 0.3) is 0 Å². The first-order valence-electron chi connectivity index (χ1n) is 0.500. The molecular formula is C2H12N2Sr. The summed E-state index contributed by atoms with van der Waals surface area (Å²) in [5.74, 6) is 0. The molecule has 0 spiro atoms. The van der Waals surface area contributed by atoms with E-state index in [9.17, 15) is 0 Å². The summed E-state index contributed by atoms with van der Waals surface area (Å²) in [6.45, 7) is 6.00. The summed E-state index contributed by atoms with van der Waals surface area (Å²) < 4.78 is 0. The van der Waals surface area contributed by atoms with Gasteiger partial charge in [-0.15, -0.1) is 13.2 Å². The van der Waals surface area contributed by atoms with Crippen LogP contribution in [0.15, 0.2) is 13.2 Å². The van der Waals surface area contributed by atoms with Crippen LogP contribution in [0.5, 0.6) is 0 Å². The average Bonchev–Trinajstić information content (AvgIpc) is 1.00. The Kier molecular flexibility index (Phi) is 480. The molecule has 0 aliphatic rings. The van der Waals surface area contributed by atoms with Crippen molar-refractivity contribution in [2.45, 2.75) is 0 Å². The molecule has 0 aliphatic heterocycles. The first-order chi connectivity index (χ1) is 1.00. The molecule has 0 aliphatic carbocycles. The van der Waals surface area contributed by atoms with Crippen molar-refractivity contribution in [3.8, 4) is 0 Å². The van der Waals surface area contributed by atoms with E-state index in [0.29, 0.717) is 0 Å². The Morgan fingerprint density at radius 3 is 0.800 bits per heavy atom. The molecule has 0 aromatic carbocycles. The zero-order valence-electron chi connectivity index (χ0n) is 2.83. The monoisotopic (exact) mass is 152 g/mol. The minimum absolute atomic E-state index is 0. The van der Waals surface area contributed by atoms with E-state index in [4.69, 9.17) is 0 Å². The summed E-state index contributed by atoms with van der Waals surface area (Å²) in [6, 6.07) is 0. The van der Waals surface area contributed by atoms with E-state index in [1.165, 1.54) is 0 Å². The molecule has 3 heteroatoms. The maximum atomic E-state index is 3.00. The van der Waals surface area contributed by atoms with Crippen LogP contribution in [0.1, 0.15) is 0 Å². The Morgan fingerprint density at radius 2 is 0.800 bits per heavy atom. The summed E-state index contributed by atoms with van der Waals surface area (Å²) in [4.78, 5) is 0. The molecule has 5 heavy (non-hydrogen) atoms. The third-order valence-corrected chi connectivity index (χ3v) is 0. The van der Waals surface area contributed by atoms with Crippen molar-refractivity contribution in [1.29, 1.82) is 0 Å². The van der Waals surface area contributed by atoms with Gasteiger partial charge in [-0.2, -0.15) is 0 Å². The fourth-order valence-electron chi connectivity index (χ4n) is 0. The quantitative estimate of drug-likeness (QED) is 0.384. The molecule has 0 radical (unpaired) electrons. The first-order valence-corrected chi connectivity index (χ1v) is 0.500. The van der Waals surface area contributed by atoms with E-state index in [2.05, 4.69) is 13.2 Å². The molecule has 0 aromatic heterocycles. The van der Waals surface area contributed by atoms with Gasteiger partial charge in [-0.05, 0) is 0 Å². The Labute approximate surface area is 70.1 Å². The summed E-state index contributed by atoms with van der Waals surface area (Å²) in [7, 11) is 0. The number of rotatable bonds is 0. The molecule has 6 N–H and O–H groups in total. The van der Waals surface area contributed by atoms with Gasteiger partial charge < -0.3 is 12.3 Å². The van der Waals surface area contributed by atoms with Gasteiger partial charge in [0.1, 0.15) is 0 Å². The van der Waals surface area contributed by atoms with Gasteiger partial charge in [-0.1, -0.05) is 0 Å². The molecule has 0 amide bonds. The van der Waals surface area contributed by atoms with Crippen LogP contribution in [0, 0.1) is 0 Å². The van der Waals surface area contributed by atoms with Crippen molar-refractivity contribution in [2.75, 3.05) is 0 Å². The van der Waals surface area contributed by atoms with E-state index in [1.807, 2.05) is 0 Å². The molecule has 0 fully saturated rings. The Morgan fingerprint density at radius 1 is 0.800 bits per heavy atom. The summed E-state index contributed by atoms with van der Waals surface area (Å²) in [6.07, 6.45) is 0. The van der Waals surface area contributed by atoms with Crippen LogP contribution in [0.25, 0.3) is 0 Å². The van der Waals surface area contributed by atoms with Crippen molar-refractivity contribution in [3.63, 3.8) is 0 Å².